The van der Waals surface area contributed by atoms with E-state index >= 15 is 0 Å². The van der Waals surface area contributed by atoms with Gasteiger partial charge in [-0.15, -0.1) is 0 Å². The maximum absolute atomic E-state index is 13.0. The van der Waals surface area contributed by atoms with Crippen molar-refractivity contribution in [3.05, 3.63) is 0 Å². The van der Waals surface area contributed by atoms with Gasteiger partial charge in [-0.1, -0.05) is 22.6 Å². The average molecular weight is 257 g/mol. The van der Waals surface area contributed by atoms with Crippen LogP contribution in [0.1, 0.15) is 19.3 Å². The molecule has 0 bridgehead atoms. The van der Waals surface area contributed by atoms with Crippen LogP contribution in [-0.2, 0) is 0 Å². The zero-order valence-corrected chi connectivity index (χ0v) is 8.27. The van der Waals surface area contributed by atoms with Crippen molar-refractivity contribution < 1.29 is 4.39 Å². The first-order valence-electron chi connectivity index (χ1n) is 3.69. The normalized spacial score (nSPS) is 41.7. The van der Waals surface area contributed by atoms with Gasteiger partial charge in [-0.3, -0.25) is 0 Å². The zero-order chi connectivity index (χ0) is 7.56. The van der Waals surface area contributed by atoms with Crippen molar-refractivity contribution in [1.29, 1.82) is 0 Å². The van der Waals surface area contributed by atoms with E-state index < -0.39 is 6.17 Å². The molecule has 0 radical (unpaired) electrons. The van der Waals surface area contributed by atoms with Gasteiger partial charge >= 0.3 is 0 Å². The first-order valence-corrected chi connectivity index (χ1v) is 4.94. The molecule has 0 spiro atoms. The molecule has 1 nitrogen and oxygen atoms in total. The van der Waals surface area contributed by atoms with Crippen molar-refractivity contribution in [2.75, 3.05) is 7.05 Å². The monoisotopic (exact) mass is 257 g/mol. The van der Waals surface area contributed by atoms with Gasteiger partial charge in [-0.25, -0.2) is 4.39 Å². The van der Waals surface area contributed by atoms with Gasteiger partial charge in [0.15, 0.2) is 0 Å². The van der Waals surface area contributed by atoms with Gasteiger partial charge in [0.1, 0.15) is 6.17 Å². The topological polar surface area (TPSA) is 12.0 Å². The first kappa shape index (κ1) is 8.71. The summed E-state index contributed by atoms with van der Waals surface area (Å²) in [5.74, 6) is 0. The van der Waals surface area contributed by atoms with Crippen molar-refractivity contribution in [2.24, 2.45) is 0 Å². The fourth-order valence-corrected chi connectivity index (χ4v) is 2.24. The molecule has 0 amide bonds. The summed E-state index contributed by atoms with van der Waals surface area (Å²) >= 11 is 2.33. The Kier molecular flexibility index (Phi) is 3.36. The second-order valence-corrected chi connectivity index (χ2v) is 4.58. The lowest BCUT2D eigenvalue weighted by atomic mass is 9.94. The van der Waals surface area contributed by atoms with Crippen molar-refractivity contribution in [1.82, 2.24) is 5.32 Å². The minimum absolute atomic E-state index is 0.117. The molecule has 3 heteroatoms. The predicted molar refractivity (Wildman–Crippen MR) is 49.4 cm³/mol. The molecular formula is C7H13FIN. The van der Waals surface area contributed by atoms with E-state index in [9.17, 15) is 4.39 Å². The second-order valence-electron chi connectivity index (χ2n) is 2.82. The summed E-state index contributed by atoms with van der Waals surface area (Å²) < 4.78 is 13.6. The first-order chi connectivity index (χ1) is 4.74. The van der Waals surface area contributed by atoms with E-state index in [-0.39, 0.29) is 6.04 Å². The molecule has 0 aromatic carbocycles. The molecule has 1 aliphatic carbocycles. The molecule has 0 aliphatic heterocycles. The van der Waals surface area contributed by atoms with Crippen molar-refractivity contribution in [3.63, 3.8) is 0 Å². The molecule has 10 heavy (non-hydrogen) atoms. The van der Waals surface area contributed by atoms with Crippen LogP contribution in [0, 0.1) is 0 Å². The number of rotatable bonds is 1. The molecule has 1 fully saturated rings. The lowest BCUT2D eigenvalue weighted by Gasteiger charge is -2.28. The zero-order valence-electron chi connectivity index (χ0n) is 6.11. The highest BCUT2D eigenvalue weighted by Gasteiger charge is 2.27. The number of hydrogen-bond acceptors (Lipinski definition) is 1. The number of alkyl halides is 2. The Balaban J connectivity index is 2.36. The van der Waals surface area contributed by atoms with Gasteiger partial charge in [0, 0.05) is 9.97 Å². The van der Waals surface area contributed by atoms with Crippen LogP contribution in [0.3, 0.4) is 0 Å². The lowest BCUT2D eigenvalue weighted by Crippen LogP contribution is -2.40. The Morgan fingerprint density at radius 3 is 2.70 bits per heavy atom. The minimum atomic E-state index is -0.624. The molecule has 1 aliphatic rings. The van der Waals surface area contributed by atoms with Crippen LogP contribution >= 0.6 is 22.6 Å². The number of nitrogens with one attached hydrogen (secondary N) is 1. The number of halogens is 2. The fourth-order valence-electron chi connectivity index (χ4n) is 1.39. The van der Waals surface area contributed by atoms with Crippen LogP contribution in [0.25, 0.3) is 0 Å². The third kappa shape index (κ3) is 2.05. The van der Waals surface area contributed by atoms with Gasteiger partial charge in [-0.2, -0.15) is 0 Å². The molecule has 0 aromatic rings. The average Bonchev–Trinajstić information content (AvgIpc) is 1.88. The largest absolute Gasteiger partial charge is 0.314 e. The van der Waals surface area contributed by atoms with Crippen LogP contribution in [-0.4, -0.2) is 23.2 Å². The van der Waals surface area contributed by atoms with E-state index in [2.05, 4.69) is 27.9 Å². The van der Waals surface area contributed by atoms with Gasteiger partial charge in [-0.05, 0) is 26.3 Å². The Hall–Kier alpha value is 0.620. The highest BCUT2D eigenvalue weighted by Crippen LogP contribution is 2.26. The molecule has 1 rings (SSSR count). The molecule has 3 atom stereocenters. The van der Waals surface area contributed by atoms with Crippen LogP contribution < -0.4 is 5.32 Å². The third-order valence-electron chi connectivity index (χ3n) is 2.08. The Morgan fingerprint density at radius 1 is 1.50 bits per heavy atom. The molecule has 60 valence electrons. The summed E-state index contributed by atoms with van der Waals surface area (Å²) in [5, 5.41) is 3.00. The van der Waals surface area contributed by atoms with Crippen LogP contribution in [0.2, 0.25) is 0 Å². The Labute approximate surface area is 74.9 Å². The van der Waals surface area contributed by atoms with E-state index in [0.29, 0.717) is 3.92 Å². The summed E-state index contributed by atoms with van der Waals surface area (Å²) in [5.41, 5.74) is 0. The molecule has 0 aromatic heterocycles. The van der Waals surface area contributed by atoms with Gasteiger partial charge in [0.2, 0.25) is 0 Å². The van der Waals surface area contributed by atoms with E-state index in [1.54, 1.807) is 0 Å². The number of hydrogen-bond donors (Lipinski definition) is 1. The van der Waals surface area contributed by atoms with Gasteiger partial charge in [0.05, 0.1) is 0 Å². The van der Waals surface area contributed by atoms with E-state index in [1.807, 2.05) is 7.05 Å². The van der Waals surface area contributed by atoms with Crippen LogP contribution in [0.5, 0.6) is 0 Å². The quantitative estimate of drug-likeness (QED) is 0.558. The van der Waals surface area contributed by atoms with E-state index in [0.717, 1.165) is 19.3 Å². The lowest BCUT2D eigenvalue weighted by molar-refractivity contribution is 0.203. The highest BCUT2D eigenvalue weighted by atomic mass is 127. The van der Waals surface area contributed by atoms with Gasteiger partial charge in [0.25, 0.3) is 0 Å². The molecule has 1 saturated carbocycles. The van der Waals surface area contributed by atoms with E-state index in [4.69, 9.17) is 0 Å². The van der Waals surface area contributed by atoms with E-state index in [1.165, 1.54) is 0 Å². The minimum Gasteiger partial charge on any atom is -0.314 e. The summed E-state index contributed by atoms with van der Waals surface area (Å²) in [6.07, 6.45) is 2.25. The molecule has 2 unspecified atom stereocenters. The molecule has 1 N–H and O–H groups in total. The molecule has 0 heterocycles. The smallest absolute Gasteiger partial charge is 0.116 e. The van der Waals surface area contributed by atoms with Crippen molar-refractivity contribution >= 4 is 22.6 Å². The van der Waals surface area contributed by atoms with Crippen LogP contribution in [0.4, 0.5) is 4.39 Å². The standard InChI is InChI=1S/C7H13FIN/c1-10-7-3-2-5(9)4-6(7)8/h5-7,10H,2-4H2,1H3/t5-,6?,7?/m1/s1. The Morgan fingerprint density at radius 2 is 2.20 bits per heavy atom. The maximum Gasteiger partial charge on any atom is 0.116 e. The summed E-state index contributed by atoms with van der Waals surface area (Å²) in [4.78, 5) is 0. The molecular weight excluding hydrogens is 244 g/mol. The fraction of sp³-hybridized carbons (Fsp3) is 1.00. The second kappa shape index (κ2) is 3.85. The third-order valence-corrected chi connectivity index (χ3v) is 3.21. The highest BCUT2D eigenvalue weighted by molar-refractivity contribution is 14.1. The van der Waals surface area contributed by atoms with Gasteiger partial charge < -0.3 is 5.32 Å². The summed E-state index contributed by atoms with van der Waals surface area (Å²) in [6, 6.07) is 0.117. The molecule has 0 saturated heterocycles. The summed E-state index contributed by atoms with van der Waals surface area (Å²) in [7, 11) is 1.84. The SMILES string of the molecule is CNC1CC[C@@H](I)CC1F. The Bertz CT molecular complexity index is 110. The summed E-state index contributed by atoms with van der Waals surface area (Å²) in [6.45, 7) is 0. The van der Waals surface area contributed by atoms with Crippen molar-refractivity contribution in [2.45, 2.75) is 35.4 Å². The van der Waals surface area contributed by atoms with Crippen molar-refractivity contribution in [3.8, 4) is 0 Å². The van der Waals surface area contributed by atoms with Crippen LogP contribution in [0.15, 0.2) is 0 Å². The predicted octanol–water partition coefficient (Wildman–Crippen LogP) is 1.90. The maximum atomic E-state index is 13.0.